The number of aliphatic carboxylic acids is 1. The standard InChI is InChI=1S/C7H8O2S.ClH/c8-7(9)4-3-6-2-1-5-10-6;/h1-2,5H,3-4H2,(H,8,9);1H. The van der Waals surface area contributed by atoms with Crippen molar-refractivity contribution >= 4 is 29.7 Å². The van der Waals surface area contributed by atoms with E-state index >= 15 is 0 Å². The zero-order chi connectivity index (χ0) is 7.40. The summed E-state index contributed by atoms with van der Waals surface area (Å²) >= 11 is 1.60. The van der Waals surface area contributed by atoms with Crippen molar-refractivity contribution in [3.8, 4) is 0 Å². The van der Waals surface area contributed by atoms with Crippen LogP contribution >= 0.6 is 23.7 Å². The summed E-state index contributed by atoms with van der Waals surface area (Å²) in [6.07, 6.45) is 0.896. The van der Waals surface area contributed by atoms with Gasteiger partial charge in [0.15, 0.2) is 0 Å². The second kappa shape index (κ2) is 5.16. The summed E-state index contributed by atoms with van der Waals surface area (Å²) < 4.78 is 0. The Morgan fingerprint density at radius 1 is 1.64 bits per heavy atom. The van der Waals surface area contributed by atoms with Crippen LogP contribution in [0.25, 0.3) is 0 Å². The van der Waals surface area contributed by atoms with Gasteiger partial charge in [0.2, 0.25) is 0 Å². The molecule has 0 saturated carbocycles. The molecule has 4 heteroatoms. The smallest absolute Gasteiger partial charge is 0.303 e. The van der Waals surface area contributed by atoms with Crippen molar-refractivity contribution in [2.75, 3.05) is 0 Å². The highest BCUT2D eigenvalue weighted by Gasteiger charge is 1.98. The molecular formula is C7H9ClO2S. The number of rotatable bonds is 3. The SMILES string of the molecule is Cl.O=C(O)CCc1cccs1. The maximum atomic E-state index is 10.1. The minimum Gasteiger partial charge on any atom is -0.481 e. The molecule has 0 aromatic carbocycles. The van der Waals surface area contributed by atoms with Crippen LogP contribution in [0.2, 0.25) is 0 Å². The molecule has 1 aromatic heterocycles. The lowest BCUT2D eigenvalue weighted by atomic mass is 10.3. The molecule has 1 aromatic rings. The molecule has 0 amide bonds. The van der Waals surface area contributed by atoms with Crippen LogP contribution in [0, 0.1) is 0 Å². The van der Waals surface area contributed by atoms with Crippen LogP contribution in [-0.2, 0) is 11.2 Å². The normalized spacial score (nSPS) is 8.73. The molecule has 0 aliphatic rings. The first-order valence-electron chi connectivity index (χ1n) is 3.03. The van der Waals surface area contributed by atoms with Gasteiger partial charge in [0.05, 0.1) is 6.42 Å². The summed E-state index contributed by atoms with van der Waals surface area (Å²) in [7, 11) is 0. The van der Waals surface area contributed by atoms with Crippen LogP contribution in [0.5, 0.6) is 0 Å². The Bertz CT molecular complexity index is 208. The Morgan fingerprint density at radius 2 is 2.36 bits per heavy atom. The second-order valence-corrected chi connectivity index (χ2v) is 3.01. The molecule has 1 N–H and O–H groups in total. The molecule has 11 heavy (non-hydrogen) atoms. The molecule has 1 rings (SSSR count). The highest BCUT2D eigenvalue weighted by Crippen LogP contribution is 2.10. The predicted molar refractivity (Wildman–Crippen MR) is 47.5 cm³/mol. The minimum absolute atomic E-state index is 0. The lowest BCUT2D eigenvalue weighted by molar-refractivity contribution is -0.136. The van der Waals surface area contributed by atoms with Crippen LogP contribution in [0.4, 0.5) is 0 Å². The molecule has 62 valence electrons. The van der Waals surface area contributed by atoms with E-state index in [9.17, 15) is 4.79 Å². The molecule has 0 fully saturated rings. The molecule has 0 aliphatic carbocycles. The average molecular weight is 193 g/mol. The third kappa shape index (κ3) is 4.01. The topological polar surface area (TPSA) is 37.3 Å². The number of aryl methyl sites for hydroxylation is 1. The van der Waals surface area contributed by atoms with Crippen molar-refractivity contribution in [2.24, 2.45) is 0 Å². The first kappa shape index (κ1) is 10.5. The molecular weight excluding hydrogens is 184 g/mol. The number of halogens is 1. The van der Waals surface area contributed by atoms with E-state index in [1.165, 1.54) is 0 Å². The lowest BCUT2D eigenvalue weighted by Gasteiger charge is -1.89. The molecule has 1 heterocycles. The Labute approximate surface area is 75.3 Å². The fourth-order valence-electron chi connectivity index (χ4n) is 0.685. The van der Waals surface area contributed by atoms with Crippen LogP contribution in [0.3, 0.4) is 0 Å². The Balaban J connectivity index is 0.000001000. The molecule has 0 aliphatic heterocycles. The summed E-state index contributed by atoms with van der Waals surface area (Å²) in [5, 5.41) is 10.3. The first-order chi connectivity index (χ1) is 4.79. The van der Waals surface area contributed by atoms with Gasteiger partial charge in [0.1, 0.15) is 0 Å². The molecule has 2 nitrogen and oxygen atoms in total. The fraction of sp³-hybridized carbons (Fsp3) is 0.286. The maximum Gasteiger partial charge on any atom is 0.303 e. The summed E-state index contributed by atoms with van der Waals surface area (Å²) in [5.74, 6) is -0.728. The highest BCUT2D eigenvalue weighted by molar-refractivity contribution is 7.09. The number of carboxylic acids is 1. The number of carboxylic acid groups (broad SMARTS) is 1. The number of hydrogen-bond donors (Lipinski definition) is 1. The van der Waals surface area contributed by atoms with Crippen molar-refractivity contribution in [2.45, 2.75) is 12.8 Å². The van der Waals surface area contributed by atoms with Gasteiger partial charge in [-0.15, -0.1) is 23.7 Å². The Morgan fingerprint density at radius 3 is 2.82 bits per heavy atom. The molecule has 0 unspecified atom stereocenters. The average Bonchev–Trinajstić information content (AvgIpc) is 2.34. The molecule has 0 saturated heterocycles. The predicted octanol–water partition coefficient (Wildman–Crippen LogP) is 2.19. The van der Waals surface area contributed by atoms with E-state index in [4.69, 9.17) is 5.11 Å². The zero-order valence-corrected chi connectivity index (χ0v) is 7.45. The van der Waals surface area contributed by atoms with Crippen LogP contribution in [0.1, 0.15) is 11.3 Å². The van der Waals surface area contributed by atoms with Gasteiger partial charge in [-0.2, -0.15) is 0 Å². The van der Waals surface area contributed by atoms with Gasteiger partial charge in [0.25, 0.3) is 0 Å². The van der Waals surface area contributed by atoms with E-state index in [1.807, 2.05) is 17.5 Å². The van der Waals surface area contributed by atoms with E-state index < -0.39 is 5.97 Å². The van der Waals surface area contributed by atoms with Crippen molar-refractivity contribution in [1.82, 2.24) is 0 Å². The van der Waals surface area contributed by atoms with Crippen LogP contribution < -0.4 is 0 Å². The van der Waals surface area contributed by atoms with E-state index in [2.05, 4.69) is 0 Å². The summed E-state index contributed by atoms with van der Waals surface area (Å²) in [6.45, 7) is 0. The second-order valence-electron chi connectivity index (χ2n) is 1.97. The van der Waals surface area contributed by atoms with Crippen molar-refractivity contribution in [1.29, 1.82) is 0 Å². The Hall–Kier alpha value is -0.540. The highest BCUT2D eigenvalue weighted by atomic mass is 35.5. The molecule has 0 radical (unpaired) electrons. The van der Waals surface area contributed by atoms with Crippen LogP contribution in [0.15, 0.2) is 17.5 Å². The molecule has 0 spiro atoms. The summed E-state index contributed by atoms with van der Waals surface area (Å²) in [6, 6.07) is 3.88. The fourth-order valence-corrected chi connectivity index (χ4v) is 1.39. The van der Waals surface area contributed by atoms with Crippen molar-refractivity contribution in [3.63, 3.8) is 0 Å². The van der Waals surface area contributed by atoms with Gasteiger partial charge < -0.3 is 5.11 Å². The largest absolute Gasteiger partial charge is 0.481 e. The third-order valence-corrected chi connectivity index (χ3v) is 2.10. The molecule has 0 bridgehead atoms. The van der Waals surface area contributed by atoms with Crippen LogP contribution in [-0.4, -0.2) is 11.1 Å². The van der Waals surface area contributed by atoms with Gasteiger partial charge in [-0.05, 0) is 17.9 Å². The van der Waals surface area contributed by atoms with E-state index in [0.717, 1.165) is 4.88 Å². The summed E-state index contributed by atoms with van der Waals surface area (Å²) in [5.41, 5.74) is 0. The minimum atomic E-state index is -0.728. The third-order valence-electron chi connectivity index (χ3n) is 1.17. The van der Waals surface area contributed by atoms with E-state index in [1.54, 1.807) is 11.3 Å². The molecule has 0 atom stereocenters. The number of thiophene rings is 1. The number of hydrogen-bond acceptors (Lipinski definition) is 2. The monoisotopic (exact) mass is 192 g/mol. The summed E-state index contributed by atoms with van der Waals surface area (Å²) in [4.78, 5) is 11.2. The van der Waals surface area contributed by atoms with E-state index in [-0.39, 0.29) is 18.8 Å². The quantitative estimate of drug-likeness (QED) is 0.797. The first-order valence-corrected chi connectivity index (χ1v) is 3.91. The van der Waals surface area contributed by atoms with Gasteiger partial charge in [-0.1, -0.05) is 6.07 Å². The van der Waals surface area contributed by atoms with E-state index in [0.29, 0.717) is 6.42 Å². The van der Waals surface area contributed by atoms with Gasteiger partial charge >= 0.3 is 5.97 Å². The van der Waals surface area contributed by atoms with Crippen molar-refractivity contribution < 1.29 is 9.90 Å². The Kier molecular flexibility index (Phi) is 4.90. The van der Waals surface area contributed by atoms with Gasteiger partial charge in [-0.25, -0.2) is 0 Å². The lowest BCUT2D eigenvalue weighted by Crippen LogP contribution is -1.95. The zero-order valence-electron chi connectivity index (χ0n) is 5.82. The van der Waals surface area contributed by atoms with Gasteiger partial charge in [-0.3, -0.25) is 4.79 Å². The van der Waals surface area contributed by atoms with Crippen molar-refractivity contribution in [3.05, 3.63) is 22.4 Å². The maximum absolute atomic E-state index is 10.1. The number of carbonyl (C=O) groups is 1. The van der Waals surface area contributed by atoms with Gasteiger partial charge in [0, 0.05) is 4.88 Å².